The van der Waals surface area contributed by atoms with Crippen LogP contribution in [0.4, 0.5) is 5.82 Å². The summed E-state index contributed by atoms with van der Waals surface area (Å²) in [4.78, 5) is 29.2. The van der Waals surface area contributed by atoms with E-state index in [2.05, 4.69) is 25.3 Å². The zero-order chi connectivity index (χ0) is 14.7. The first-order chi connectivity index (χ1) is 10.2. The van der Waals surface area contributed by atoms with Crippen molar-refractivity contribution in [3.8, 4) is 0 Å². The van der Waals surface area contributed by atoms with Crippen LogP contribution in [0.25, 0.3) is 11.2 Å². The number of aromatic nitrogens is 4. The van der Waals surface area contributed by atoms with Gasteiger partial charge in [-0.1, -0.05) is 0 Å². The fourth-order valence-corrected chi connectivity index (χ4v) is 2.69. The fourth-order valence-electron chi connectivity index (χ4n) is 2.52. The number of H-pyrrole nitrogens is 1. The Bertz CT molecular complexity index is 637. The minimum absolute atomic E-state index is 0.138. The molecule has 0 atom stereocenters. The van der Waals surface area contributed by atoms with Crippen molar-refractivity contribution in [3.63, 3.8) is 0 Å². The Morgan fingerprint density at radius 2 is 2.14 bits per heavy atom. The van der Waals surface area contributed by atoms with E-state index < -0.39 is 0 Å². The molecule has 1 aliphatic heterocycles. The molecule has 0 saturated carbocycles. The largest absolute Gasteiger partial charge is 0.368 e. The molecule has 1 amide bonds. The minimum Gasteiger partial charge on any atom is -0.368 e. The molecule has 0 aromatic carbocycles. The van der Waals surface area contributed by atoms with Crippen LogP contribution < -0.4 is 5.32 Å². The third kappa shape index (κ3) is 3.24. The molecule has 0 bridgehead atoms. The lowest BCUT2D eigenvalue weighted by Crippen LogP contribution is -2.36. The number of halogens is 1. The third-order valence-corrected chi connectivity index (χ3v) is 3.77. The number of carbonyl (C=O) groups excluding carboxylic acids is 1. The van der Waals surface area contributed by atoms with Gasteiger partial charge in [0.2, 0.25) is 11.2 Å². The highest BCUT2D eigenvalue weighted by Crippen LogP contribution is 2.18. The summed E-state index contributed by atoms with van der Waals surface area (Å²) in [6.45, 7) is 2.27. The van der Waals surface area contributed by atoms with Crippen molar-refractivity contribution < 1.29 is 4.79 Å². The Labute approximate surface area is 127 Å². The maximum absolute atomic E-state index is 12.1. The number of amides is 1. The summed E-state index contributed by atoms with van der Waals surface area (Å²) in [5, 5.41) is 3.27. The van der Waals surface area contributed by atoms with Gasteiger partial charge in [0.05, 0.1) is 6.33 Å². The van der Waals surface area contributed by atoms with E-state index in [0.29, 0.717) is 29.9 Å². The summed E-state index contributed by atoms with van der Waals surface area (Å²) in [5.41, 5.74) is 1.21. The standard InChI is InChI=1S/C13H17ClN6O/c14-13-18-11(10-12(19-13)17-8-16-10)15-5-4-9(21)20-6-2-1-3-7-20/h8H,1-7H2,(H2,15,16,17,18,19). The molecule has 3 heterocycles. The Balaban J connectivity index is 1.59. The molecule has 2 aromatic rings. The zero-order valence-corrected chi connectivity index (χ0v) is 12.4. The molecule has 1 aliphatic rings. The molecule has 2 N–H and O–H groups in total. The number of rotatable bonds is 4. The first-order valence-electron chi connectivity index (χ1n) is 7.12. The van der Waals surface area contributed by atoms with Crippen LogP contribution >= 0.6 is 11.6 Å². The van der Waals surface area contributed by atoms with Gasteiger partial charge in [0.25, 0.3) is 0 Å². The number of hydrogen-bond donors (Lipinski definition) is 2. The molecule has 1 saturated heterocycles. The number of aromatic amines is 1. The zero-order valence-electron chi connectivity index (χ0n) is 11.6. The monoisotopic (exact) mass is 308 g/mol. The SMILES string of the molecule is O=C(CCNc1nc(Cl)nc2nc[nH]c12)N1CCCCC1. The molecule has 1 fully saturated rings. The van der Waals surface area contributed by atoms with Gasteiger partial charge < -0.3 is 15.2 Å². The molecule has 3 rings (SSSR count). The summed E-state index contributed by atoms with van der Waals surface area (Å²) in [7, 11) is 0. The molecule has 8 heteroatoms. The van der Waals surface area contributed by atoms with Crippen molar-refractivity contribution in [1.82, 2.24) is 24.8 Å². The second-order valence-corrected chi connectivity index (χ2v) is 5.40. The van der Waals surface area contributed by atoms with E-state index in [-0.39, 0.29) is 11.2 Å². The van der Waals surface area contributed by atoms with Gasteiger partial charge >= 0.3 is 0 Å². The van der Waals surface area contributed by atoms with Crippen LogP contribution in [-0.2, 0) is 4.79 Å². The molecule has 0 unspecified atom stereocenters. The highest BCUT2D eigenvalue weighted by molar-refractivity contribution is 6.28. The highest BCUT2D eigenvalue weighted by Gasteiger charge is 2.16. The first kappa shape index (κ1) is 14.1. The lowest BCUT2D eigenvalue weighted by Gasteiger charge is -2.26. The predicted molar refractivity (Wildman–Crippen MR) is 80.2 cm³/mol. The van der Waals surface area contributed by atoms with Crippen LogP contribution in [0, 0.1) is 0 Å². The normalized spacial score (nSPS) is 15.4. The van der Waals surface area contributed by atoms with Crippen LogP contribution in [-0.4, -0.2) is 50.4 Å². The second kappa shape index (κ2) is 6.26. The van der Waals surface area contributed by atoms with Gasteiger partial charge in [-0.2, -0.15) is 9.97 Å². The molecule has 0 spiro atoms. The highest BCUT2D eigenvalue weighted by atomic mass is 35.5. The molecule has 0 radical (unpaired) electrons. The number of nitrogens with one attached hydrogen (secondary N) is 2. The third-order valence-electron chi connectivity index (χ3n) is 3.60. The van der Waals surface area contributed by atoms with Crippen molar-refractivity contribution in [3.05, 3.63) is 11.6 Å². The lowest BCUT2D eigenvalue weighted by atomic mass is 10.1. The Hall–Kier alpha value is -1.89. The van der Waals surface area contributed by atoms with Gasteiger partial charge in [-0.3, -0.25) is 4.79 Å². The van der Waals surface area contributed by atoms with E-state index >= 15 is 0 Å². The van der Waals surface area contributed by atoms with E-state index in [1.807, 2.05) is 4.90 Å². The Morgan fingerprint density at radius 3 is 2.95 bits per heavy atom. The minimum atomic E-state index is 0.138. The lowest BCUT2D eigenvalue weighted by molar-refractivity contribution is -0.131. The fraction of sp³-hybridized carbons (Fsp3) is 0.538. The quantitative estimate of drug-likeness (QED) is 0.841. The van der Waals surface area contributed by atoms with E-state index in [0.717, 1.165) is 25.9 Å². The molecule has 0 aliphatic carbocycles. The number of imidazole rings is 1. The predicted octanol–water partition coefficient (Wildman–Crippen LogP) is 1.82. The van der Waals surface area contributed by atoms with Crippen LogP contribution in [0.1, 0.15) is 25.7 Å². The number of hydrogen-bond acceptors (Lipinski definition) is 5. The van der Waals surface area contributed by atoms with Crippen molar-refractivity contribution in [2.45, 2.75) is 25.7 Å². The van der Waals surface area contributed by atoms with Crippen molar-refractivity contribution in [2.24, 2.45) is 0 Å². The average molecular weight is 309 g/mol. The summed E-state index contributed by atoms with van der Waals surface area (Å²) in [5.74, 6) is 0.761. The van der Waals surface area contributed by atoms with Crippen molar-refractivity contribution in [1.29, 1.82) is 0 Å². The number of carbonyl (C=O) groups is 1. The van der Waals surface area contributed by atoms with Gasteiger partial charge in [0, 0.05) is 26.1 Å². The van der Waals surface area contributed by atoms with Gasteiger partial charge in [-0.15, -0.1) is 0 Å². The summed E-state index contributed by atoms with van der Waals surface area (Å²) in [6.07, 6.45) is 5.42. The number of likely N-dealkylation sites (tertiary alicyclic amines) is 1. The van der Waals surface area contributed by atoms with Gasteiger partial charge in [-0.25, -0.2) is 4.98 Å². The molecule has 2 aromatic heterocycles. The van der Waals surface area contributed by atoms with Gasteiger partial charge in [0.15, 0.2) is 11.5 Å². The average Bonchev–Trinajstić information content (AvgIpc) is 2.96. The summed E-state index contributed by atoms with van der Waals surface area (Å²) in [6, 6.07) is 0. The molecule has 112 valence electrons. The van der Waals surface area contributed by atoms with E-state index in [1.165, 1.54) is 6.42 Å². The van der Waals surface area contributed by atoms with Gasteiger partial charge in [0.1, 0.15) is 5.52 Å². The van der Waals surface area contributed by atoms with Crippen LogP contribution in [0.15, 0.2) is 6.33 Å². The number of anilines is 1. The van der Waals surface area contributed by atoms with E-state index in [9.17, 15) is 4.79 Å². The van der Waals surface area contributed by atoms with E-state index in [1.54, 1.807) is 6.33 Å². The maximum atomic E-state index is 12.1. The molecule has 21 heavy (non-hydrogen) atoms. The molecule has 7 nitrogen and oxygen atoms in total. The Morgan fingerprint density at radius 1 is 1.33 bits per heavy atom. The maximum Gasteiger partial charge on any atom is 0.226 e. The van der Waals surface area contributed by atoms with Crippen LogP contribution in [0.2, 0.25) is 5.28 Å². The van der Waals surface area contributed by atoms with Gasteiger partial charge in [-0.05, 0) is 30.9 Å². The first-order valence-corrected chi connectivity index (χ1v) is 7.50. The number of fused-ring (bicyclic) bond motifs is 1. The van der Waals surface area contributed by atoms with Crippen LogP contribution in [0.3, 0.4) is 0 Å². The Kier molecular flexibility index (Phi) is 4.19. The van der Waals surface area contributed by atoms with Crippen LogP contribution in [0.5, 0.6) is 0 Å². The smallest absolute Gasteiger partial charge is 0.226 e. The molecular formula is C13H17ClN6O. The number of nitrogens with zero attached hydrogens (tertiary/aromatic N) is 4. The van der Waals surface area contributed by atoms with E-state index in [4.69, 9.17) is 11.6 Å². The summed E-state index contributed by atoms with van der Waals surface area (Å²) < 4.78 is 0. The second-order valence-electron chi connectivity index (χ2n) is 5.06. The molecular weight excluding hydrogens is 292 g/mol. The number of piperidine rings is 1. The summed E-state index contributed by atoms with van der Waals surface area (Å²) >= 11 is 5.85. The topological polar surface area (TPSA) is 86.8 Å². The van der Waals surface area contributed by atoms with Crippen molar-refractivity contribution >= 4 is 34.5 Å². The van der Waals surface area contributed by atoms with Crippen molar-refractivity contribution in [2.75, 3.05) is 25.0 Å².